The van der Waals surface area contributed by atoms with Gasteiger partial charge in [0.1, 0.15) is 0 Å². The SMILES string of the molecule is O=C1OC=CC12C=Nc1ccccc12. The molecule has 0 aliphatic carbocycles. The molecule has 1 aromatic carbocycles. The van der Waals surface area contributed by atoms with Crippen LogP contribution in [0.3, 0.4) is 0 Å². The summed E-state index contributed by atoms with van der Waals surface area (Å²) in [6, 6.07) is 7.59. The molecule has 3 heteroatoms. The highest BCUT2D eigenvalue weighted by molar-refractivity contribution is 6.10. The minimum Gasteiger partial charge on any atom is -0.434 e. The summed E-state index contributed by atoms with van der Waals surface area (Å²) in [5.41, 5.74) is 0.992. The first-order chi connectivity index (χ1) is 6.83. The third-order valence-corrected chi connectivity index (χ3v) is 2.60. The minimum atomic E-state index is -0.753. The van der Waals surface area contributed by atoms with Gasteiger partial charge in [0, 0.05) is 11.8 Å². The van der Waals surface area contributed by atoms with Crippen molar-refractivity contribution in [2.45, 2.75) is 5.41 Å². The van der Waals surface area contributed by atoms with E-state index in [2.05, 4.69) is 4.99 Å². The van der Waals surface area contributed by atoms with Gasteiger partial charge in [0.25, 0.3) is 0 Å². The molecule has 0 aromatic heterocycles. The lowest BCUT2D eigenvalue weighted by Crippen LogP contribution is -2.30. The van der Waals surface area contributed by atoms with Crippen molar-refractivity contribution in [2.24, 2.45) is 4.99 Å². The van der Waals surface area contributed by atoms with E-state index in [0.29, 0.717) is 0 Å². The van der Waals surface area contributed by atoms with Gasteiger partial charge < -0.3 is 4.74 Å². The van der Waals surface area contributed by atoms with E-state index in [1.807, 2.05) is 24.3 Å². The number of aliphatic imine (C=N–C) groups is 1. The number of benzene rings is 1. The van der Waals surface area contributed by atoms with E-state index < -0.39 is 5.41 Å². The maximum atomic E-state index is 11.6. The molecule has 0 bridgehead atoms. The third kappa shape index (κ3) is 0.719. The van der Waals surface area contributed by atoms with E-state index in [1.54, 1.807) is 12.3 Å². The van der Waals surface area contributed by atoms with Gasteiger partial charge in [-0.05, 0) is 12.1 Å². The predicted octanol–water partition coefficient (Wildman–Crippen LogP) is 1.71. The molecular formula is C11H7NO2. The lowest BCUT2D eigenvalue weighted by Gasteiger charge is -2.14. The molecule has 2 aliphatic heterocycles. The first kappa shape index (κ1) is 7.50. The van der Waals surface area contributed by atoms with Gasteiger partial charge in [-0.15, -0.1) is 0 Å². The highest BCUT2D eigenvalue weighted by atomic mass is 16.5. The highest BCUT2D eigenvalue weighted by Gasteiger charge is 2.45. The zero-order chi connectivity index (χ0) is 9.60. The average molecular weight is 185 g/mol. The molecule has 14 heavy (non-hydrogen) atoms. The molecule has 0 saturated heterocycles. The Morgan fingerprint density at radius 1 is 1.29 bits per heavy atom. The summed E-state index contributed by atoms with van der Waals surface area (Å²) < 4.78 is 4.84. The van der Waals surface area contributed by atoms with Crippen molar-refractivity contribution < 1.29 is 9.53 Å². The van der Waals surface area contributed by atoms with Crippen molar-refractivity contribution in [3.05, 3.63) is 42.2 Å². The van der Waals surface area contributed by atoms with Gasteiger partial charge in [0.15, 0.2) is 5.41 Å². The van der Waals surface area contributed by atoms with Crippen molar-refractivity contribution in [3.8, 4) is 0 Å². The summed E-state index contributed by atoms with van der Waals surface area (Å²) in [6.45, 7) is 0. The van der Waals surface area contributed by atoms with Crippen molar-refractivity contribution in [1.29, 1.82) is 0 Å². The second-order valence-electron chi connectivity index (χ2n) is 3.35. The maximum absolute atomic E-state index is 11.6. The van der Waals surface area contributed by atoms with Crippen molar-refractivity contribution in [2.75, 3.05) is 0 Å². The molecule has 1 spiro atoms. The molecular weight excluding hydrogens is 178 g/mol. The number of cyclic esters (lactones) is 1. The van der Waals surface area contributed by atoms with Crippen LogP contribution in [0.2, 0.25) is 0 Å². The van der Waals surface area contributed by atoms with Crippen molar-refractivity contribution in [3.63, 3.8) is 0 Å². The lowest BCUT2D eigenvalue weighted by atomic mass is 9.84. The summed E-state index contributed by atoms with van der Waals surface area (Å²) in [6.07, 6.45) is 4.81. The number of carbonyl (C=O) groups excluding carboxylic acids is 1. The maximum Gasteiger partial charge on any atom is 0.331 e. The monoisotopic (exact) mass is 185 g/mol. The highest BCUT2D eigenvalue weighted by Crippen LogP contribution is 2.40. The molecule has 0 saturated carbocycles. The molecule has 1 atom stereocenters. The molecule has 3 nitrogen and oxygen atoms in total. The van der Waals surface area contributed by atoms with Gasteiger partial charge >= 0.3 is 5.97 Å². The molecule has 3 rings (SSSR count). The Morgan fingerprint density at radius 2 is 2.14 bits per heavy atom. The number of ether oxygens (including phenoxy) is 1. The standard InChI is InChI=1S/C11H7NO2/c13-10-11(5-6-14-10)7-12-9-4-2-1-3-8(9)11/h1-7H. The van der Waals surface area contributed by atoms with Crippen LogP contribution in [0.4, 0.5) is 5.69 Å². The Labute approximate surface area is 80.7 Å². The van der Waals surface area contributed by atoms with Crippen LogP contribution in [0.1, 0.15) is 5.56 Å². The quantitative estimate of drug-likeness (QED) is 0.577. The topological polar surface area (TPSA) is 38.7 Å². The Kier molecular flexibility index (Phi) is 1.24. The fourth-order valence-electron chi connectivity index (χ4n) is 1.84. The van der Waals surface area contributed by atoms with Gasteiger partial charge in [-0.3, -0.25) is 4.99 Å². The smallest absolute Gasteiger partial charge is 0.331 e. The van der Waals surface area contributed by atoms with Crippen LogP contribution in [-0.4, -0.2) is 12.2 Å². The number of fused-ring (bicyclic) bond motifs is 2. The largest absolute Gasteiger partial charge is 0.434 e. The summed E-state index contributed by atoms with van der Waals surface area (Å²) in [4.78, 5) is 15.8. The number of carbonyl (C=O) groups is 1. The van der Waals surface area contributed by atoms with Crippen LogP contribution >= 0.6 is 0 Å². The molecule has 68 valence electrons. The van der Waals surface area contributed by atoms with Crippen molar-refractivity contribution in [1.82, 2.24) is 0 Å². The molecule has 0 fully saturated rings. The summed E-state index contributed by atoms with van der Waals surface area (Å²) in [7, 11) is 0. The Bertz CT molecular complexity index is 476. The average Bonchev–Trinajstić information content (AvgIpc) is 2.76. The van der Waals surface area contributed by atoms with E-state index in [9.17, 15) is 4.79 Å². The zero-order valence-corrected chi connectivity index (χ0v) is 7.31. The lowest BCUT2D eigenvalue weighted by molar-refractivity contribution is -0.138. The first-order valence-corrected chi connectivity index (χ1v) is 4.36. The van der Waals surface area contributed by atoms with Crippen LogP contribution in [-0.2, 0) is 14.9 Å². The van der Waals surface area contributed by atoms with Gasteiger partial charge in [-0.1, -0.05) is 18.2 Å². The minimum absolute atomic E-state index is 0.272. The molecule has 0 radical (unpaired) electrons. The zero-order valence-electron chi connectivity index (χ0n) is 7.31. The van der Waals surface area contributed by atoms with Crippen molar-refractivity contribution >= 4 is 17.9 Å². The van der Waals surface area contributed by atoms with E-state index in [0.717, 1.165) is 11.3 Å². The fourth-order valence-corrected chi connectivity index (χ4v) is 1.84. The molecule has 1 unspecified atom stereocenters. The van der Waals surface area contributed by atoms with Gasteiger partial charge in [-0.25, -0.2) is 4.79 Å². The number of para-hydroxylation sites is 1. The van der Waals surface area contributed by atoms with E-state index >= 15 is 0 Å². The fraction of sp³-hybridized carbons (Fsp3) is 0.0909. The normalized spacial score (nSPS) is 27.0. The molecule has 0 amide bonds. The number of esters is 1. The summed E-state index contributed by atoms with van der Waals surface area (Å²) in [5.74, 6) is -0.272. The van der Waals surface area contributed by atoms with Crippen LogP contribution < -0.4 is 0 Å². The van der Waals surface area contributed by atoms with Crippen LogP contribution in [0.15, 0.2) is 41.6 Å². The van der Waals surface area contributed by atoms with E-state index in [-0.39, 0.29) is 5.97 Å². The Hall–Kier alpha value is -1.90. The second-order valence-corrected chi connectivity index (χ2v) is 3.35. The van der Waals surface area contributed by atoms with E-state index in [1.165, 1.54) is 6.26 Å². The number of hydrogen-bond donors (Lipinski definition) is 0. The van der Waals surface area contributed by atoms with Crippen LogP contribution in [0, 0.1) is 0 Å². The number of nitrogens with zero attached hydrogens (tertiary/aromatic N) is 1. The molecule has 2 aliphatic rings. The second kappa shape index (κ2) is 2.32. The van der Waals surface area contributed by atoms with Gasteiger partial charge in [0.2, 0.25) is 0 Å². The van der Waals surface area contributed by atoms with Crippen LogP contribution in [0.25, 0.3) is 0 Å². The van der Waals surface area contributed by atoms with Crippen LogP contribution in [0.5, 0.6) is 0 Å². The molecule has 2 heterocycles. The number of rotatable bonds is 0. The molecule has 1 aromatic rings. The summed E-state index contributed by atoms with van der Waals surface area (Å²) >= 11 is 0. The predicted molar refractivity (Wildman–Crippen MR) is 51.5 cm³/mol. The van der Waals surface area contributed by atoms with Gasteiger partial charge in [0.05, 0.1) is 11.9 Å². The summed E-state index contributed by atoms with van der Waals surface area (Å²) in [5, 5.41) is 0. The number of hydrogen-bond acceptors (Lipinski definition) is 3. The third-order valence-electron chi connectivity index (χ3n) is 2.60. The Morgan fingerprint density at radius 3 is 2.93 bits per heavy atom. The van der Waals surface area contributed by atoms with Gasteiger partial charge in [-0.2, -0.15) is 0 Å². The Balaban J connectivity index is 2.27. The first-order valence-electron chi connectivity index (χ1n) is 4.36. The molecule has 0 N–H and O–H groups in total. The van der Waals surface area contributed by atoms with E-state index in [4.69, 9.17) is 4.74 Å².